The van der Waals surface area contributed by atoms with Crippen molar-refractivity contribution in [3.05, 3.63) is 45.6 Å². The van der Waals surface area contributed by atoms with Crippen LogP contribution in [0.1, 0.15) is 4.88 Å². The normalized spacial score (nSPS) is 10.5. The number of hydrogen-bond acceptors (Lipinski definition) is 3. The minimum Gasteiger partial charge on any atom is -0.508 e. The summed E-state index contributed by atoms with van der Waals surface area (Å²) in [5, 5.41) is 9.12. The van der Waals surface area contributed by atoms with Gasteiger partial charge in [0.25, 0.3) is 0 Å². The number of aromatic hydroxyl groups is 1. The maximum absolute atomic E-state index is 9.12. The van der Waals surface area contributed by atoms with Crippen LogP contribution in [0.25, 0.3) is 0 Å². The van der Waals surface area contributed by atoms with E-state index >= 15 is 0 Å². The molecule has 1 nitrogen and oxygen atoms in total. The van der Waals surface area contributed by atoms with Crippen LogP contribution in [0.15, 0.2) is 41.3 Å². The molecule has 0 radical (unpaired) electrons. The van der Waals surface area contributed by atoms with Crippen molar-refractivity contribution in [3.63, 3.8) is 0 Å². The molecule has 4 heteroatoms. The average Bonchev–Trinajstić information content (AvgIpc) is 2.64. The van der Waals surface area contributed by atoms with Gasteiger partial charge in [-0.3, -0.25) is 0 Å². The monoisotopic (exact) mass is 256 g/mol. The van der Waals surface area contributed by atoms with Crippen LogP contribution >= 0.6 is 34.7 Å². The topological polar surface area (TPSA) is 20.2 Å². The lowest BCUT2D eigenvalue weighted by atomic mass is 10.3. The van der Waals surface area contributed by atoms with Crippen molar-refractivity contribution >= 4 is 34.7 Å². The summed E-state index contributed by atoms with van der Waals surface area (Å²) in [5.74, 6) is 1.22. The SMILES string of the molecule is Oc1ccc(SCc2ccc(Cl)s2)cc1. The van der Waals surface area contributed by atoms with E-state index in [9.17, 15) is 0 Å². The molecule has 0 bridgehead atoms. The van der Waals surface area contributed by atoms with Crippen LogP contribution in [0.5, 0.6) is 5.75 Å². The minimum absolute atomic E-state index is 0.304. The first-order chi connectivity index (χ1) is 7.24. The van der Waals surface area contributed by atoms with Crippen molar-refractivity contribution in [2.45, 2.75) is 10.6 Å². The summed E-state index contributed by atoms with van der Waals surface area (Å²) in [4.78, 5) is 2.41. The fraction of sp³-hybridized carbons (Fsp3) is 0.0909. The molecule has 2 aromatic rings. The van der Waals surface area contributed by atoms with Crippen LogP contribution in [-0.4, -0.2) is 5.11 Å². The van der Waals surface area contributed by atoms with E-state index in [0.29, 0.717) is 5.75 Å². The van der Waals surface area contributed by atoms with Gasteiger partial charge in [0.1, 0.15) is 5.75 Å². The molecule has 15 heavy (non-hydrogen) atoms. The van der Waals surface area contributed by atoms with Crippen molar-refractivity contribution in [1.82, 2.24) is 0 Å². The van der Waals surface area contributed by atoms with E-state index in [1.54, 1.807) is 35.2 Å². The highest BCUT2D eigenvalue weighted by Crippen LogP contribution is 2.29. The van der Waals surface area contributed by atoms with Crippen LogP contribution in [0.3, 0.4) is 0 Å². The number of hydrogen-bond donors (Lipinski definition) is 1. The summed E-state index contributed by atoms with van der Waals surface area (Å²) < 4.78 is 0.830. The Morgan fingerprint density at radius 3 is 2.47 bits per heavy atom. The Hall–Kier alpha value is -0.640. The van der Waals surface area contributed by atoms with Gasteiger partial charge in [-0.05, 0) is 36.4 Å². The van der Waals surface area contributed by atoms with E-state index in [1.165, 1.54) is 4.88 Å². The number of thioether (sulfide) groups is 1. The van der Waals surface area contributed by atoms with E-state index in [0.717, 1.165) is 15.0 Å². The van der Waals surface area contributed by atoms with Gasteiger partial charge in [0.15, 0.2) is 0 Å². The van der Waals surface area contributed by atoms with E-state index in [4.69, 9.17) is 16.7 Å². The zero-order chi connectivity index (χ0) is 10.7. The first kappa shape index (κ1) is 10.9. The molecule has 0 atom stereocenters. The zero-order valence-corrected chi connectivity index (χ0v) is 10.2. The molecule has 0 saturated heterocycles. The van der Waals surface area contributed by atoms with Gasteiger partial charge in [-0.15, -0.1) is 23.1 Å². The Morgan fingerprint density at radius 1 is 1.13 bits per heavy atom. The molecule has 0 amide bonds. The lowest BCUT2D eigenvalue weighted by Gasteiger charge is -1.99. The largest absolute Gasteiger partial charge is 0.508 e. The maximum atomic E-state index is 9.12. The van der Waals surface area contributed by atoms with Crippen LogP contribution in [0.2, 0.25) is 4.34 Å². The summed E-state index contributed by atoms with van der Waals surface area (Å²) in [5.41, 5.74) is 0. The summed E-state index contributed by atoms with van der Waals surface area (Å²) >= 11 is 9.18. The highest BCUT2D eigenvalue weighted by Gasteiger charge is 1.99. The van der Waals surface area contributed by atoms with E-state index in [2.05, 4.69) is 0 Å². The first-order valence-corrected chi connectivity index (χ1v) is 6.58. The molecule has 2 rings (SSSR count). The standard InChI is InChI=1S/C11H9ClOS2/c12-11-6-5-10(15-11)7-14-9-3-1-8(13)2-4-9/h1-6,13H,7H2. The van der Waals surface area contributed by atoms with Crippen molar-refractivity contribution in [1.29, 1.82) is 0 Å². The summed E-state index contributed by atoms with van der Waals surface area (Å²) in [6.45, 7) is 0. The Morgan fingerprint density at radius 2 is 1.87 bits per heavy atom. The van der Waals surface area contributed by atoms with Gasteiger partial charge >= 0.3 is 0 Å². The molecule has 78 valence electrons. The fourth-order valence-corrected chi connectivity index (χ4v) is 3.16. The first-order valence-electron chi connectivity index (χ1n) is 4.40. The van der Waals surface area contributed by atoms with Gasteiger partial charge in [-0.2, -0.15) is 0 Å². The number of phenolic OH excluding ortho intramolecular Hbond substituents is 1. The Kier molecular flexibility index (Phi) is 3.57. The summed E-state index contributed by atoms with van der Waals surface area (Å²) in [6.07, 6.45) is 0. The highest BCUT2D eigenvalue weighted by atomic mass is 35.5. The van der Waals surface area contributed by atoms with E-state index in [1.807, 2.05) is 24.3 Å². The second-order valence-corrected chi connectivity index (χ2v) is 5.84. The number of rotatable bonds is 3. The molecule has 0 saturated carbocycles. The molecular weight excluding hydrogens is 248 g/mol. The van der Waals surface area contributed by atoms with Gasteiger partial charge in [0.05, 0.1) is 4.34 Å². The minimum atomic E-state index is 0.304. The second-order valence-electron chi connectivity index (χ2n) is 2.99. The molecule has 1 aromatic heterocycles. The van der Waals surface area contributed by atoms with Gasteiger partial charge < -0.3 is 5.11 Å². The Balaban J connectivity index is 1.96. The number of thiophene rings is 1. The molecule has 0 aliphatic carbocycles. The van der Waals surface area contributed by atoms with Gasteiger partial charge in [0.2, 0.25) is 0 Å². The molecule has 0 fully saturated rings. The van der Waals surface area contributed by atoms with Gasteiger partial charge in [0, 0.05) is 15.5 Å². The average molecular weight is 257 g/mol. The van der Waals surface area contributed by atoms with Crippen molar-refractivity contribution in [2.24, 2.45) is 0 Å². The molecule has 0 aliphatic heterocycles. The molecular formula is C11H9ClOS2. The zero-order valence-electron chi connectivity index (χ0n) is 7.81. The van der Waals surface area contributed by atoms with Crippen LogP contribution < -0.4 is 0 Å². The molecule has 1 N–H and O–H groups in total. The third-order valence-corrected chi connectivity index (χ3v) is 4.32. The molecule has 0 unspecified atom stereocenters. The predicted octanol–water partition coefficient (Wildman–Crippen LogP) is 4.40. The number of halogens is 1. The smallest absolute Gasteiger partial charge is 0.115 e. The summed E-state index contributed by atoms with van der Waals surface area (Å²) in [6, 6.07) is 11.2. The predicted molar refractivity (Wildman–Crippen MR) is 67.0 cm³/mol. The Bertz CT molecular complexity index is 436. The van der Waals surface area contributed by atoms with E-state index < -0.39 is 0 Å². The quantitative estimate of drug-likeness (QED) is 0.822. The van der Waals surface area contributed by atoms with Crippen LogP contribution in [0, 0.1) is 0 Å². The summed E-state index contributed by atoms with van der Waals surface area (Å²) in [7, 11) is 0. The van der Waals surface area contributed by atoms with Crippen LogP contribution in [-0.2, 0) is 5.75 Å². The van der Waals surface area contributed by atoms with Crippen molar-refractivity contribution in [2.75, 3.05) is 0 Å². The molecule has 0 aliphatic rings. The van der Waals surface area contributed by atoms with Crippen LogP contribution in [0.4, 0.5) is 0 Å². The number of phenols is 1. The lowest BCUT2D eigenvalue weighted by molar-refractivity contribution is 0.475. The van der Waals surface area contributed by atoms with Gasteiger partial charge in [-0.25, -0.2) is 0 Å². The fourth-order valence-electron chi connectivity index (χ4n) is 1.13. The number of benzene rings is 1. The van der Waals surface area contributed by atoms with Crippen molar-refractivity contribution in [3.8, 4) is 5.75 Å². The second kappa shape index (κ2) is 4.92. The maximum Gasteiger partial charge on any atom is 0.115 e. The van der Waals surface area contributed by atoms with Gasteiger partial charge in [-0.1, -0.05) is 11.6 Å². The third-order valence-electron chi connectivity index (χ3n) is 1.85. The molecule has 1 aromatic carbocycles. The highest BCUT2D eigenvalue weighted by molar-refractivity contribution is 7.98. The molecule has 0 spiro atoms. The Labute approximate surface area is 102 Å². The lowest BCUT2D eigenvalue weighted by Crippen LogP contribution is -1.73. The third kappa shape index (κ3) is 3.16. The van der Waals surface area contributed by atoms with Crippen molar-refractivity contribution < 1.29 is 5.11 Å². The van der Waals surface area contributed by atoms with E-state index in [-0.39, 0.29) is 0 Å². The molecule has 1 heterocycles.